The number of nitrogens with one attached hydrogen (secondary N) is 1. The molecule has 19 heavy (non-hydrogen) atoms. The monoisotopic (exact) mass is 326 g/mol. The molecule has 0 aliphatic carbocycles. The van der Waals surface area contributed by atoms with Gasteiger partial charge >= 0.3 is 0 Å². The predicted molar refractivity (Wildman–Crippen MR) is 79.3 cm³/mol. The van der Waals surface area contributed by atoms with Crippen molar-refractivity contribution < 1.29 is 5.11 Å². The number of hydrogen-bond donors (Lipinski definition) is 2. The molecule has 0 unspecified atom stereocenters. The second-order valence-corrected chi connectivity index (χ2v) is 6.26. The Balaban J connectivity index is 2.04. The Kier molecular flexibility index (Phi) is 4.42. The second kappa shape index (κ2) is 5.88. The van der Waals surface area contributed by atoms with Crippen molar-refractivity contribution in [2.24, 2.45) is 5.41 Å². The summed E-state index contributed by atoms with van der Waals surface area (Å²) in [6, 6.07) is 3.86. The molecule has 0 amide bonds. The number of aromatic nitrogens is 3. The van der Waals surface area contributed by atoms with Crippen LogP contribution in [0, 0.1) is 5.41 Å². The molecule has 2 rings (SSSR count). The average molecular weight is 327 g/mol. The fourth-order valence-electron chi connectivity index (χ4n) is 1.91. The lowest BCUT2D eigenvalue weighted by Crippen LogP contribution is -2.23. The van der Waals surface area contributed by atoms with Crippen molar-refractivity contribution >= 4 is 27.5 Å². The van der Waals surface area contributed by atoms with E-state index in [1.54, 1.807) is 4.52 Å². The Bertz CT molecular complexity index is 553. The Morgan fingerprint density at radius 1 is 1.47 bits per heavy atom. The maximum absolute atomic E-state index is 8.89. The molecule has 6 heteroatoms. The summed E-state index contributed by atoms with van der Waals surface area (Å²) in [5, 5.41) is 16.5. The van der Waals surface area contributed by atoms with Crippen molar-refractivity contribution in [1.29, 1.82) is 0 Å². The van der Waals surface area contributed by atoms with Crippen LogP contribution in [0.25, 0.3) is 5.65 Å². The van der Waals surface area contributed by atoms with Crippen LogP contribution in [0.15, 0.2) is 22.8 Å². The molecule has 0 bridgehead atoms. The Hall–Kier alpha value is -1.14. The van der Waals surface area contributed by atoms with Gasteiger partial charge in [0.05, 0.1) is 4.47 Å². The van der Waals surface area contributed by atoms with Gasteiger partial charge in [-0.2, -0.15) is 4.98 Å². The lowest BCUT2D eigenvalue weighted by molar-refractivity contribution is 0.247. The number of anilines is 1. The van der Waals surface area contributed by atoms with Crippen molar-refractivity contribution in [2.45, 2.75) is 26.7 Å². The molecule has 0 aromatic carbocycles. The average Bonchev–Trinajstić information content (AvgIpc) is 2.79. The largest absolute Gasteiger partial charge is 0.396 e. The van der Waals surface area contributed by atoms with E-state index in [2.05, 4.69) is 45.2 Å². The lowest BCUT2D eigenvalue weighted by Gasteiger charge is -2.24. The van der Waals surface area contributed by atoms with Gasteiger partial charge in [0, 0.05) is 19.3 Å². The molecule has 2 aromatic heterocycles. The molecule has 0 aliphatic rings. The highest BCUT2D eigenvalue weighted by Crippen LogP contribution is 2.23. The topological polar surface area (TPSA) is 62.5 Å². The van der Waals surface area contributed by atoms with Crippen LogP contribution in [0.4, 0.5) is 5.95 Å². The Morgan fingerprint density at radius 3 is 2.95 bits per heavy atom. The molecule has 0 saturated heterocycles. The first-order valence-corrected chi connectivity index (χ1v) is 7.17. The van der Waals surface area contributed by atoms with Crippen molar-refractivity contribution in [3.05, 3.63) is 22.8 Å². The summed E-state index contributed by atoms with van der Waals surface area (Å²) in [4.78, 5) is 4.44. The predicted octanol–water partition coefficient (Wildman–Crippen LogP) is 2.70. The highest BCUT2D eigenvalue weighted by Gasteiger charge is 2.18. The minimum absolute atomic E-state index is 0.109. The molecule has 0 spiro atoms. The van der Waals surface area contributed by atoms with Gasteiger partial charge in [0.25, 0.3) is 0 Å². The van der Waals surface area contributed by atoms with Crippen molar-refractivity contribution in [2.75, 3.05) is 18.5 Å². The van der Waals surface area contributed by atoms with E-state index in [0.717, 1.165) is 29.5 Å². The van der Waals surface area contributed by atoms with Gasteiger partial charge < -0.3 is 10.4 Å². The maximum Gasteiger partial charge on any atom is 0.243 e. The normalized spacial score (nSPS) is 12.0. The SMILES string of the molecule is CC(C)(CCCO)CNc1nc2c(Br)cccn2n1. The molecular formula is C13H19BrN4O. The van der Waals surface area contributed by atoms with E-state index in [1.165, 1.54) is 0 Å². The highest BCUT2D eigenvalue weighted by atomic mass is 79.9. The quantitative estimate of drug-likeness (QED) is 0.856. The molecule has 2 N–H and O–H groups in total. The van der Waals surface area contributed by atoms with Crippen LogP contribution >= 0.6 is 15.9 Å². The van der Waals surface area contributed by atoms with Crippen molar-refractivity contribution in [1.82, 2.24) is 14.6 Å². The number of hydrogen-bond acceptors (Lipinski definition) is 4. The summed E-state index contributed by atoms with van der Waals surface area (Å²) in [6.07, 6.45) is 3.65. The summed E-state index contributed by atoms with van der Waals surface area (Å²) < 4.78 is 2.67. The zero-order valence-corrected chi connectivity index (χ0v) is 12.8. The van der Waals surface area contributed by atoms with E-state index >= 15 is 0 Å². The van der Waals surface area contributed by atoms with E-state index in [9.17, 15) is 0 Å². The molecule has 0 fully saturated rings. The molecule has 0 radical (unpaired) electrons. The van der Waals surface area contributed by atoms with Crippen LogP contribution in [0.2, 0.25) is 0 Å². The number of halogens is 1. The van der Waals surface area contributed by atoms with E-state index < -0.39 is 0 Å². The van der Waals surface area contributed by atoms with Gasteiger partial charge in [0.1, 0.15) is 0 Å². The minimum Gasteiger partial charge on any atom is -0.396 e. The molecule has 2 aromatic rings. The summed E-state index contributed by atoms with van der Waals surface area (Å²) in [7, 11) is 0. The van der Waals surface area contributed by atoms with E-state index in [0.29, 0.717) is 5.95 Å². The van der Waals surface area contributed by atoms with E-state index in [4.69, 9.17) is 5.11 Å². The second-order valence-electron chi connectivity index (χ2n) is 5.40. The first-order valence-electron chi connectivity index (χ1n) is 6.37. The standard InChI is InChI=1S/C13H19BrN4O/c1-13(2,6-4-8-19)9-15-12-16-11-10(14)5-3-7-18(11)17-12/h3,5,7,19H,4,6,8-9H2,1-2H3,(H,15,17). The number of pyridine rings is 1. The van der Waals surface area contributed by atoms with Crippen LogP contribution in [-0.2, 0) is 0 Å². The number of aliphatic hydroxyl groups is 1. The van der Waals surface area contributed by atoms with Crippen molar-refractivity contribution in [3.8, 4) is 0 Å². The molecule has 0 atom stereocenters. The first-order chi connectivity index (χ1) is 9.02. The van der Waals surface area contributed by atoms with E-state index in [1.807, 2.05) is 18.3 Å². The summed E-state index contributed by atoms with van der Waals surface area (Å²) >= 11 is 3.46. The van der Waals surface area contributed by atoms with Crippen LogP contribution in [0.5, 0.6) is 0 Å². The van der Waals surface area contributed by atoms with Gasteiger partial charge in [-0.3, -0.25) is 0 Å². The zero-order valence-electron chi connectivity index (χ0n) is 11.2. The third-order valence-electron chi connectivity index (χ3n) is 3.05. The van der Waals surface area contributed by atoms with Gasteiger partial charge in [-0.1, -0.05) is 13.8 Å². The van der Waals surface area contributed by atoms with Crippen LogP contribution in [0.3, 0.4) is 0 Å². The summed E-state index contributed by atoms with van der Waals surface area (Å²) in [5.74, 6) is 0.629. The molecule has 104 valence electrons. The fraction of sp³-hybridized carbons (Fsp3) is 0.538. The third kappa shape index (κ3) is 3.67. The van der Waals surface area contributed by atoms with Gasteiger partial charge in [0.2, 0.25) is 5.95 Å². The van der Waals surface area contributed by atoms with Crippen LogP contribution < -0.4 is 5.32 Å². The Morgan fingerprint density at radius 2 is 2.26 bits per heavy atom. The zero-order chi connectivity index (χ0) is 13.9. The summed E-state index contributed by atoms with van der Waals surface area (Å²) in [5.41, 5.74) is 0.912. The highest BCUT2D eigenvalue weighted by molar-refractivity contribution is 9.10. The van der Waals surface area contributed by atoms with Gasteiger partial charge in [-0.25, -0.2) is 4.52 Å². The third-order valence-corrected chi connectivity index (χ3v) is 3.67. The van der Waals surface area contributed by atoms with Gasteiger partial charge in [0.15, 0.2) is 5.65 Å². The minimum atomic E-state index is 0.109. The molecule has 2 heterocycles. The molecule has 0 saturated carbocycles. The van der Waals surface area contributed by atoms with Gasteiger partial charge in [-0.05, 0) is 46.3 Å². The number of fused-ring (bicyclic) bond motifs is 1. The van der Waals surface area contributed by atoms with Gasteiger partial charge in [-0.15, -0.1) is 5.10 Å². The number of rotatable bonds is 6. The van der Waals surface area contributed by atoms with E-state index in [-0.39, 0.29) is 12.0 Å². The van der Waals surface area contributed by atoms with Crippen LogP contribution in [-0.4, -0.2) is 32.9 Å². The number of aliphatic hydroxyl groups excluding tert-OH is 1. The smallest absolute Gasteiger partial charge is 0.243 e. The first kappa shape index (κ1) is 14.3. The number of nitrogens with zero attached hydrogens (tertiary/aromatic N) is 3. The summed E-state index contributed by atoms with van der Waals surface area (Å²) in [6.45, 7) is 5.35. The molecular weight excluding hydrogens is 308 g/mol. The van der Waals surface area contributed by atoms with Crippen LogP contribution in [0.1, 0.15) is 26.7 Å². The lowest BCUT2D eigenvalue weighted by atomic mass is 9.88. The van der Waals surface area contributed by atoms with Crippen molar-refractivity contribution in [3.63, 3.8) is 0 Å². The fourth-order valence-corrected chi connectivity index (χ4v) is 2.34. The molecule has 5 nitrogen and oxygen atoms in total. The molecule has 0 aliphatic heterocycles. The Labute approximate surface area is 121 Å². The maximum atomic E-state index is 8.89.